The monoisotopic (exact) mass is 470 g/mol. The Labute approximate surface area is 209 Å². The summed E-state index contributed by atoms with van der Waals surface area (Å²) in [6.45, 7) is 7.49. The van der Waals surface area contributed by atoms with Gasteiger partial charge in [-0.15, -0.1) is 0 Å². The van der Waals surface area contributed by atoms with Crippen molar-refractivity contribution in [2.75, 3.05) is 6.54 Å². The van der Waals surface area contributed by atoms with E-state index in [1.54, 1.807) is 0 Å². The molecule has 0 bridgehead atoms. The second-order valence-electron chi connectivity index (χ2n) is 10.8. The average Bonchev–Trinajstić information content (AvgIpc) is 3.14. The molecule has 2 rings (SSSR count). The third-order valence-corrected chi connectivity index (χ3v) is 7.29. The smallest absolute Gasteiger partial charge is 0.220 e. The van der Waals surface area contributed by atoms with Gasteiger partial charge in [0.15, 0.2) is 0 Å². The molecule has 34 heavy (non-hydrogen) atoms. The number of carbonyl (C=O) groups excluding carboxylic acids is 2. The van der Waals surface area contributed by atoms with Gasteiger partial charge in [-0.3, -0.25) is 9.59 Å². The maximum atomic E-state index is 12.0. The van der Waals surface area contributed by atoms with Crippen molar-refractivity contribution in [2.24, 2.45) is 5.92 Å². The Morgan fingerprint density at radius 2 is 1.65 bits per heavy atom. The highest BCUT2D eigenvalue weighted by Crippen LogP contribution is 2.21. The molecule has 192 valence electrons. The van der Waals surface area contributed by atoms with E-state index in [0.29, 0.717) is 30.7 Å². The molecular formula is C30H50N2O2. The van der Waals surface area contributed by atoms with Crippen molar-refractivity contribution in [1.82, 2.24) is 10.6 Å². The largest absolute Gasteiger partial charge is 0.356 e. The summed E-state index contributed by atoms with van der Waals surface area (Å²) in [6.07, 6.45) is 16.9. The van der Waals surface area contributed by atoms with Crippen molar-refractivity contribution in [2.45, 2.75) is 129 Å². The third kappa shape index (κ3) is 12.0. The molecule has 1 aromatic carbocycles. The number of amides is 2. The lowest BCUT2D eigenvalue weighted by molar-refractivity contribution is -0.121. The van der Waals surface area contributed by atoms with Gasteiger partial charge in [0.05, 0.1) is 0 Å². The van der Waals surface area contributed by atoms with E-state index in [-0.39, 0.29) is 11.8 Å². The molecule has 4 heteroatoms. The van der Waals surface area contributed by atoms with Crippen LogP contribution >= 0.6 is 0 Å². The van der Waals surface area contributed by atoms with Crippen molar-refractivity contribution in [3.05, 3.63) is 35.4 Å². The molecular weight excluding hydrogens is 420 g/mol. The van der Waals surface area contributed by atoms with E-state index >= 15 is 0 Å². The summed E-state index contributed by atoms with van der Waals surface area (Å²) in [4.78, 5) is 23.4. The summed E-state index contributed by atoms with van der Waals surface area (Å²) in [5, 5.41) is 6.13. The Bertz CT molecular complexity index is 716. The first-order chi connectivity index (χ1) is 16.5. The maximum Gasteiger partial charge on any atom is 0.220 e. The number of hydrogen-bond acceptors (Lipinski definition) is 2. The third-order valence-electron chi connectivity index (χ3n) is 7.29. The van der Waals surface area contributed by atoms with Gasteiger partial charge in [0.1, 0.15) is 0 Å². The first-order valence-corrected chi connectivity index (χ1v) is 14.1. The van der Waals surface area contributed by atoms with Crippen LogP contribution in [0.3, 0.4) is 0 Å². The standard InChI is InChI=1S/C30H50N2O2/c1-24(2)27-18-15-17-26(23-27)16-11-8-6-4-5-7-9-14-21-31-29(33)20-13-10-12-19-28-25(3)22-30(34)32-28/h15,17-18,23-25,28H,4-14,16,19-22H2,1-3H3,(H,31,33)(H,32,34). The van der Waals surface area contributed by atoms with Crippen molar-refractivity contribution < 1.29 is 9.59 Å². The first-order valence-electron chi connectivity index (χ1n) is 14.1. The molecule has 0 spiro atoms. The molecule has 1 aromatic rings. The fourth-order valence-corrected chi connectivity index (χ4v) is 4.96. The van der Waals surface area contributed by atoms with Gasteiger partial charge in [0.2, 0.25) is 11.8 Å². The van der Waals surface area contributed by atoms with E-state index in [2.05, 4.69) is 55.7 Å². The molecule has 1 aliphatic rings. The van der Waals surface area contributed by atoms with Crippen LogP contribution in [0.15, 0.2) is 24.3 Å². The van der Waals surface area contributed by atoms with Crippen LogP contribution in [0, 0.1) is 5.92 Å². The molecule has 4 nitrogen and oxygen atoms in total. The van der Waals surface area contributed by atoms with Crippen LogP contribution in [-0.4, -0.2) is 24.4 Å². The number of unbranched alkanes of at least 4 members (excludes halogenated alkanes) is 9. The van der Waals surface area contributed by atoms with E-state index in [4.69, 9.17) is 0 Å². The number of nitrogens with one attached hydrogen (secondary N) is 2. The second-order valence-corrected chi connectivity index (χ2v) is 10.8. The summed E-state index contributed by atoms with van der Waals surface area (Å²) in [5.41, 5.74) is 2.94. The first kappa shape index (κ1) is 28.4. The number of benzene rings is 1. The van der Waals surface area contributed by atoms with Crippen LogP contribution in [0.25, 0.3) is 0 Å². The minimum absolute atomic E-state index is 0.191. The predicted octanol–water partition coefficient (Wildman–Crippen LogP) is 7.06. The van der Waals surface area contributed by atoms with E-state index in [9.17, 15) is 9.59 Å². The molecule has 0 radical (unpaired) electrons. The van der Waals surface area contributed by atoms with Crippen molar-refractivity contribution in [3.8, 4) is 0 Å². The zero-order chi connectivity index (χ0) is 24.6. The van der Waals surface area contributed by atoms with Gasteiger partial charge in [-0.25, -0.2) is 0 Å². The van der Waals surface area contributed by atoms with Crippen LogP contribution in [0.4, 0.5) is 0 Å². The van der Waals surface area contributed by atoms with Crippen LogP contribution in [-0.2, 0) is 16.0 Å². The van der Waals surface area contributed by atoms with Crippen molar-refractivity contribution in [1.29, 1.82) is 0 Å². The normalized spacial score (nSPS) is 17.8. The molecule has 0 aromatic heterocycles. The minimum Gasteiger partial charge on any atom is -0.356 e. The highest BCUT2D eigenvalue weighted by Gasteiger charge is 2.27. The highest BCUT2D eigenvalue weighted by atomic mass is 16.2. The predicted molar refractivity (Wildman–Crippen MR) is 143 cm³/mol. The summed E-state index contributed by atoms with van der Waals surface area (Å²) < 4.78 is 0. The Kier molecular flexibility index (Phi) is 14.0. The van der Waals surface area contributed by atoms with E-state index in [0.717, 1.165) is 38.6 Å². The van der Waals surface area contributed by atoms with Gasteiger partial charge in [-0.2, -0.15) is 0 Å². The zero-order valence-electron chi connectivity index (χ0n) is 22.2. The van der Waals surface area contributed by atoms with Gasteiger partial charge in [-0.1, -0.05) is 96.4 Å². The number of aryl methyl sites for hydroxylation is 1. The molecule has 1 heterocycles. The van der Waals surface area contributed by atoms with Gasteiger partial charge in [-0.05, 0) is 55.1 Å². The molecule has 2 amide bonds. The Balaban J connectivity index is 1.33. The molecule has 2 unspecified atom stereocenters. The average molecular weight is 471 g/mol. The highest BCUT2D eigenvalue weighted by molar-refractivity contribution is 5.78. The summed E-state index contributed by atoms with van der Waals surface area (Å²) >= 11 is 0. The van der Waals surface area contributed by atoms with Crippen LogP contribution in [0.2, 0.25) is 0 Å². The summed E-state index contributed by atoms with van der Waals surface area (Å²) in [7, 11) is 0. The van der Waals surface area contributed by atoms with E-state index < -0.39 is 0 Å². The fourth-order valence-electron chi connectivity index (χ4n) is 4.96. The van der Waals surface area contributed by atoms with Crippen LogP contribution < -0.4 is 10.6 Å². The number of rotatable bonds is 18. The fraction of sp³-hybridized carbons (Fsp3) is 0.733. The molecule has 0 saturated carbocycles. The molecule has 0 aliphatic carbocycles. The van der Waals surface area contributed by atoms with Crippen LogP contribution in [0.5, 0.6) is 0 Å². The second kappa shape index (κ2) is 16.7. The molecule has 1 saturated heterocycles. The van der Waals surface area contributed by atoms with Crippen molar-refractivity contribution >= 4 is 11.8 Å². The van der Waals surface area contributed by atoms with E-state index in [1.807, 2.05) is 0 Å². The maximum absolute atomic E-state index is 12.0. The van der Waals surface area contributed by atoms with Crippen molar-refractivity contribution in [3.63, 3.8) is 0 Å². The van der Waals surface area contributed by atoms with Gasteiger partial charge in [0.25, 0.3) is 0 Å². The lowest BCUT2D eigenvalue weighted by Gasteiger charge is -2.14. The van der Waals surface area contributed by atoms with Gasteiger partial charge >= 0.3 is 0 Å². The number of hydrogen-bond donors (Lipinski definition) is 2. The quantitative estimate of drug-likeness (QED) is 0.226. The lowest BCUT2D eigenvalue weighted by Crippen LogP contribution is -2.28. The van der Waals surface area contributed by atoms with Gasteiger partial charge < -0.3 is 10.6 Å². The minimum atomic E-state index is 0.191. The zero-order valence-corrected chi connectivity index (χ0v) is 22.2. The molecule has 1 aliphatic heterocycles. The van der Waals surface area contributed by atoms with E-state index in [1.165, 1.54) is 62.5 Å². The number of carbonyl (C=O) groups is 2. The SMILES string of the molecule is CC(C)c1cccc(CCCCCCCCCCNC(=O)CCCCCC2NC(=O)CC2C)c1. The Morgan fingerprint density at radius 3 is 2.32 bits per heavy atom. The summed E-state index contributed by atoms with van der Waals surface area (Å²) in [5.74, 6) is 1.45. The Hall–Kier alpha value is -1.84. The molecule has 1 fully saturated rings. The lowest BCUT2D eigenvalue weighted by atomic mass is 9.97. The molecule has 2 N–H and O–H groups in total. The summed E-state index contributed by atoms with van der Waals surface area (Å²) in [6, 6.07) is 9.43. The Morgan fingerprint density at radius 1 is 0.971 bits per heavy atom. The van der Waals surface area contributed by atoms with Crippen LogP contribution in [0.1, 0.15) is 128 Å². The topological polar surface area (TPSA) is 58.2 Å². The van der Waals surface area contributed by atoms with Gasteiger partial charge in [0, 0.05) is 25.4 Å². The molecule has 2 atom stereocenters.